The molecule has 1 radical (unpaired) electrons. The Balaban J connectivity index is 2.32. The third-order valence-electron chi connectivity index (χ3n) is 0.480. The van der Waals surface area contributed by atoms with Crippen molar-refractivity contribution in [1.29, 1.82) is 0 Å². The largest absolute Gasteiger partial charge is 0.273 e. The second-order valence-electron chi connectivity index (χ2n) is 0.960. The van der Waals surface area contributed by atoms with E-state index in [1.165, 1.54) is 11.8 Å². The normalized spacial score (nSPS) is 31.8. The summed E-state index contributed by atoms with van der Waals surface area (Å²) < 4.78 is 0.157. The first-order chi connectivity index (χ1) is 2.89. The second kappa shape index (κ2) is 1.85. The highest BCUT2D eigenvalue weighted by Gasteiger charge is 2.05. The first-order valence-electron chi connectivity index (χ1n) is 1.61. The van der Waals surface area contributed by atoms with Crippen molar-refractivity contribution in [2.75, 3.05) is 6.54 Å². The average Bonchev–Trinajstić information content (AvgIpc) is 1.86. The standard InChI is InChI=1S/C3H3ClNS/c4-3-1-5-2-6-3/h3H,1H2. The highest BCUT2D eigenvalue weighted by molar-refractivity contribution is 8.13. The van der Waals surface area contributed by atoms with Gasteiger partial charge in [0, 0.05) is 0 Å². The maximum Gasteiger partial charge on any atom is 0.124 e. The molecule has 1 aliphatic rings. The quantitative estimate of drug-likeness (QED) is 0.438. The molecule has 0 N–H and O–H groups in total. The molecule has 1 atom stereocenters. The molecule has 0 aromatic rings. The molecule has 0 spiro atoms. The van der Waals surface area contributed by atoms with E-state index in [1.54, 1.807) is 0 Å². The van der Waals surface area contributed by atoms with Crippen LogP contribution in [0.15, 0.2) is 4.99 Å². The van der Waals surface area contributed by atoms with Crippen molar-refractivity contribution in [2.24, 2.45) is 4.99 Å². The van der Waals surface area contributed by atoms with Gasteiger partial charge >= 0.3 is 0 Å². The summed E-state index contributed by atoms with van der Waals surface area (Å²) in [6, 6.07) is 0. The average molecular weight is 121 g/mol. The van der Waals surface area contributed by atoms with Crippen molar-refractivity contribution in [3.63, 3.8) is 0 Å². The monoisotopic (exact) mass is 120 g/mol. The lowest BCUT2D eigenvalue weighted by molar-refractivity contribution is 1.13. The van der Waals surface area contributed by atoms with Crippen LogP contribution in [-0.2, 0) is 0 Å². The molecule has 1 aliphatic heterocycles. The summed E-state index contributed by atoms with van der Waals surface area (Å²) in [7, 11) is 0. The predicted octanol–water partition coefficient (Wildman–Crippen LogP) is 1.20. The zero-order valence-electron chi connectivity index (χ0n) is 3.02. The zero-order valence-corrected chi connectivity index (χ0v) is 4.59. The number of aliphatic imine (C=N–C) groups is 1. The minimum atomic E-state index is 0.157. The lowest BCUT2D eigenvalue weighted by Gasteiger charge is -1.86. The number of nitrogens with zero attached hydrogens (tertiary/aromatic N) is 1. The smallest absolute Gasteiger partial charge is 0.124 e. The lowest BCUT2D eigenvalue weighted by atomic mass is 10.8. The van der Waals surface area contributed by atoms with Crippen LogP contribution in [0.5, 0.6) is 0 Å². The Kier molecular flexibility index (Phi) is 1.37. The van der Waals surface area contributed by atoms with Gasteiger partial charge in [0.25, 0.3) is 0 Å². The fourth-order valence-corrected chi connectivity index (χ4v) is 0.842. The van der Waals surface area contributed by atoms with Gasteiger partial charge in [-0.15, -0.1) is 11.6 Å². The molecule has 0 aromatic carbocycles. The molecule has 1 unspecified atom stereocenters. The number of halogens is 1. The van der Waals surface area contributed by atoms with E-state index in [1.807, 2.05) is 0 Å². The summed E-state index contributed by atoms with van der Waals surface area (Å²) in [5.74, 6) is 0. The summed E-state index contributed by atoms with van der Waals surface area (Å²) in [5, 5.41) is 0. The Morgan fingerprint density at radius 3 is 3.00 bits per heavy atom. The van der Waals surface area contributed by atoms with Crippen LogP contribution in [0.3, 0.4) is 0 Å². The summed E-state index contributed by atoms with van der Waals surface area (Å²) >= 11 is 6.96. The number of thioether (sulfide) groups is 1. The fraction of sp³-hybridized carbons (Fsp3) is 0.667. The Hall–Kier alpha value is 0.310. The van der Waals surface area contributed by atoms with Crippen molar-refractivity contribution in [2.45, 2.75) is 4.71 Å². The van der Waals surface area contributed by atoms with E-state index in [-0.39, 0.29) is 4.71 Å². The van der Waals surface area contributed by atoms with Gasteiger partial charge in [0.05, 0.1) is 6.54 Å². The molecule has 33 valence electrons. The van der Waals surface area contributed by atoms with Gasteiger partial charge in [0.1, 0.15) is 10.3 Å². The van der Waals surface area contributed by atoms with Crippen LogP contribution in [0, 0.1) is 0 Å². The number of rotatable bonds is 0. The molecular weight excluding hydrogens is 118 g/mol. The molecule has 0 saturated heterocycles. The second-order valence-corrected chi connectivity index (χ2v) is 2.73. The maximum absolute atomic E-state index is 5.52. The van der Waals surface area contributed by atoms with E-state index in [2.05, 4.69) is 10.5 Å². The summed E-state index contributed by atoms with van der Waals surface area (Å²) in [6.07, 6.45) is 0. The summed E-state index contributed by atoms with van der Waals surface area (Å²) in [4.78, 5) is 3.75. The Bertz CT molecular complexity index is 65.2. The molecule has 0 aliphatic carbocycles. The van der Waals surface area contributed by atoms with Gasteiger partial charge in [-0.05, 0) is 0 Å². The molecule has 0 saturated carbocycles. The Morgan fingerprint density at radius 1 is 2.00 bits per heavy atom. The fourth-order valence-electron chi connectivity index (χ4n) is 0.241. The van der Waals surface area contributed by atoms with E-state index in [4.69, 9.17) is 11.6 Å². The van der Waals surface area contributed by atoms with Gasteiger partial charge in [0.15, 0.2) is 0 Å². The van der Waals surface area contributed by atoms with Crippen LogP contribution in [0.25, 0.3) is 0 Å². The predicted molar refractivity (Wildman–Crippen MR) is 29.5 cm³/mol. The van der Waals surface area contributed by atoms with Crippen molar-refractivity contribution >= 4 is 28.9 Å². The van der Waals surface area contributed by atoms with Crippen LogP contribution in [0.1, 0.15) is 0 Å². The maximum atomic E-state index is 5.52. The molecule has 1 heterocycles. The van der Waals surface area contributed by atoms with E-state index in [0.29, 0.717) is 0 Å². The molecule has 6 heavy (non-hydrogen) atoms. The summed E-state index contributed by atoms with van der Waals surface area (Å²) in [6.45, 7) is 0.728. The molecular formula is C3H3ClNS. The van der Waals surface area contributed by atoms with Crippen molar-refractivity contribution in [1.82, 2.24) is 0 Å². The molecule has 0 bridgehead atoms. The molecule has 0 fully saturated rings. The van der Waals surface area contributed by atoms with Crippen LogP contribution in [-0.4, -0.2) is 16.8 Å². The molecule has 0 amide bonds. The highest BCUT2D eigenvalue weighted by atomic mass is 35.5. The van der Waals surface area contributed by atoms with Crippen molar-refractivity contribution < 1.29 is 0 Å². The highest BCUT2D eigenvalue weighted by Crippen LogP contribution is 2.17. The van der Waals surface area contributed by atoms with Gasteiger partial charge in [-0.2, -0.15) is 0 Å². The molecule has 1 rings (SSSR count). The molecule has 0 aromatic heterocycles. The van der Waals surface area contributed by atoms with Crippen molar-refractivity contribution in [3.8, 4) is 0 Å². The van der Waals surface area contributed by atoms with Crippen molar-refractivity contribution in [3.05, 3.63) is 0 Å². The SMILES string of the molecule is ClC1CN=[C]S1. The van der Waals surface area contributed by atoms with Gasteiger partial charge < -0.3 is 0 Å². The van der Waals surface area contributed by atoms with Crippen LogP contribution in [0.4, 0.5) is 0 Å². The van der Waals surface area contributed by atoms with E-state index in [9.17, 15) is 0 Å². The van der Waals surface area contributed by atoms with E-state index >= 15 is 0 Å². The van der Waals surface area contributed by atoms with Gasteiger partial charge in [-0.1, -0.05) is 11.8 Å². The summed E-state index contributed by atoms with van der Waals surface area (Å²) in [5.41, 5.74) is 2.68. The Labute approximate surface area is 45.8 Å². The van der Waals surface area contributed by atoms with Gasteiger partial charge in [0.2, 0.25) is 0 Å². The van der Waals surface area contributed by atoms with E-state index < -0.39 is 0 Å². The topological polar surface area (TPSA) is 12.4 Å². The van der Waals surface area contributed by atoms with Crippen LogP contribution >= 0.6 is 23.4 Å². The van der Waals surface area contributed by atoms with Crippen LogP contribution < -0.4 is 0 Å². The Morgan fingerprint density at radius 2 is 2.83 bits per heavy atom. The van der Waals surface area contributed by atoms with Crippen LogP contribution in [0.2, 0.25) is 0 Å². The first kappa shape index (κ1) is 4.47. The van der Waals surface area contributed by atoms with E-state index in [0.717, 1.165) is 6.54 Å². The zero-order chi connectivity index (χ0) is 4.41. The first-order valence-corrected chi connectivity index (χ1v) is 2.92. The minimum absolute atomic E-state index is 0.157. The molecule has 3 heteroatoms. The minimum Gasteiger partial charge on any atom is -0.273 e. The number of hydrogen-bond acceptors (Lipinski definition) is 2. The third kappa shape index (κ3) is 0.884. The third-order valence-corrected chi connectivity index (χ3v) is 1.52. The lowest BCUT2D eigenvalue weighted by Crippen LogP contribution is -1.86. The van der Waals surface area contributed by atoms with Gasteiger partial charge in [-0.3, -0.25) is 4.99 Å². The van der Waals surface area contributed by atoms with Gasteiger partial charge in [-0.25, -0.2) is 0 Å². The number of alkyl halides is 1. The number of hydrogen-bond donors (Lipinski definition) is 0. The molecule has 1 nitrogen and oxygen atoms in total.